The molecule has 5 heteroatoms. The average Bonchev–Trinajstić information content (AvgIpc) is 2.71. The Balaban J connectivity index is 2.56. The van der Waals surface area contributed by atoms with Crippen LogP contribution in [0.3, 0.4) is 0 Å². The first-order valence-corrected chi connectivity index (χ1v) is 6.63. The fraction of sp³-hybridized carbons (Fsp3) is 0.846. The van der Waals surface area contributed by atoms with Gasteiger partial charge in [-0.3, -0.25) is 5.10 Å². The van der Waals surface area contributed by atoms with Crippen molar-refractivity contribution in [3.8, 4) is 0 Å². The Morgan fingerprint density at radius 1 is 1.28 bits per heavy atom. The maximum Gasteiger partial charge on any atom is 0.244 e. The fourth-order valence-corrected chi connectivity index (χ4v) is 2.12. The Morgan fingerprint density at radius 2 is 1.94 bits per heavy atom. The molecule has 1 aromatic heterocycles. The normalized spacial score (nSPS) is 13.7. The van der Waals surface area contributed by atoms with Crippen LogP contribution in [0, 0.1) is 11.3 Å². The highest BCUT2D eigenvalue weighted by Gasteiger charge is 2.23. The molecule has 1 heterocycles. The standard InChI is InChI=1S/C13H27N5/c1-13(2,3)10(8-9-14)6-7-11-15-12(17-16-11)18(4)5/h10H,6-9,14H2,1-5H3,(H,15,16,17). The van der Waals surface area contributed by atoms with Crippen molar-refractivity contribution in [1.82, 2.24) is 15.2 Å². The summed E-state index contributed by atoms with van der Waals surface area (Å²) in [5, 5.41) is 7.17. The Morgan fingerprint density at radius 3 is 2.39 bits per heavy atom. The summed E-state index contributed by atoms with van der Waals surface area (Å²) in [4.78, 5) is 6.36. The third-order valence-electron chi connectivity index (χ3n) is 3.39. The molecule has 1 unspecified atom stereocenters. The van der Waals surface area contributed by atoms with E-state index in [4.69, 9.17) is 5.73 Å². The van der Waals surface area contributed by atoms with Crippen molar-refractivity contribution in [2.45, 2.75) is 40.0 Å². The largest absolute Gasteiger partial charge is 0.346 e. The summed E-state index contributed by atoms with van der Waals surface area (Å²) in [5.74, 6) is 2.33. The zero-order chi connectivity index (χ0) is 13.8. The lowest BCUT2D eigenvalue weighted by Gasteiger charge is -2.30. The molecular formula is C13H27N5. The van der Waals surface area contributed by atoms with Gasteiger partial charge in [0, 0.05) is 20.5 Å². The second kappa shape index (κ2) is 6.18. The van der Waals surface area contributed by atoms with Crippen LogP contribution in [-0.2, 0) is 6.42 Å². The van der Waals surface area contributed by atoms with Crippen LogP contribution in [0.5, 0.6) is 0 Å². The third-order valence-corrected chi connectivity index (χ3v) is 3.39. The number of hydrogen-bond donors (Lipinski definition) is 2. The first kappa shape index (κ1) is 15.0. The fourth-order valence-electron chi connectivity index (χ4n) is 2.12. The first-order chi connectivity index (χ1) is 8.34. The number of aromatic nitrogens is 3. The van der Waals surface area contributed by atoms with E-state index in [0.717, 1.165) is 37.6 Å². The van der Waals surface area contributed by atoms with Crippen LogP contribution < -0.4 is 10.6 Å². The van der Waals surface area contributed by atoms with Crippen LogP contribution >= 0.6 is 0 Å². The lowest BCUT2D eigenvalue weighted by atomic mass is 9.76. The van der Waals surface area contributed by atoms with Crippen LogP contribution in [0.15, 0.2) is 0 Å². The molecule has 18 heavy (non-hydrogen) atoms. The molecule has 1 aromatic rings. The molecule has 0 fully saturated rings. The van der Waals surface area contributed by atoms with Crippen LogP contribution in [0.25, 0.3) is 0 Å². The number of nitrogens with two attached hydrogens (primary N) is 1. The van der Waals surface area contributed by atoms with Gasteiger partial charge in [-0.25, -0.2) is 0 Å². The van der Waals surface area contributed by atoms with Crippen molar-refractivity contribution < 1.29 is 0 Å². The predicted octanol–water partition coefficient (Wildman–Crippen LogP) is 1.81. The minimum absolute atomic E-state index is 0.295. The van der Waals surface area contributed by atoms with Crippen LogP contribution in [-0.4, -0.2) is 35.8 Å². The van der Waals surface area contributed by atoms with Gasteiger partial charge in [-0.2, -0.15) is 4.98 Å². The number of hydrogen-bond acceptors (Lipinski definition) is 4. The lowest BCUT2D eigenvalue weighted by molar-refractivity contribution is 0.214. The van der Waals surface area contributed by atoms with Gasteiger partial charge in [0.15, 0.2) is 0 Å². The van der Waals surface area contributed by atoms with Crippen molar-refractivity contribution >= 4 is 5.95 Å². The van der Waals surface area contributed by atoms with Crippen molar-refractivity contribution in [2.24, 2.45) is 17.1 Å². The van der Waals surface area contributed by atoms with E-state index in [1.54, 1.807) is 0 Å². The van der Waals surface area contributed by atoms with Gasteiger partial charge in [0.25, 0.3) is 0 Å². The second-order valence-electron chi connectivity index (χ2n) is 6.16. The number of rotatable bonds is 6. The van der Waals surface area contributed by atoms with Crippen LogP contribution in [0.1, 0.15) is 39.4 Å². The number of H-pyrrole nitrogens is 1. The number of aromatic amines is 1. The molecule has 0 amide bonds. The summed E-state index contributed by atoms with van der Waals surface area (Å²) in [7, 11) is 3.89. The number of nitrogens with zero attached hydrogens (tertiary/aromatic N) is 3. The summed E-state index contributed by atoms with van der Waals surface area (Å²) in [6.45, 7) is 7.58. The van der Waals surface area contributed by atoms with Gasteiger partial charge < -0.3 is 10.6 Å². The van der Waals surface area contributed by atoms with Crippen molar-refractivity contribution in [3.05, 3.63) is 5.82 Å². The summed E-state index contributed by atoms with van der Waals surface area (Å²) in [5.41, 5.74) is 5.99. The highest BCUT2D eigenvalue weighted by molar-refractivity contribution is 5.24. The molecule has 0 aliphatic carbocycles. The van der Waals surface area contributed by atoms with E-state index in [9.17, 15) is 0 Å². The van der Waals surface area contributed by atoms with E-state index < -0.39 is 0 Å². The van der Waals surface area contributed by atoms with Gasteiger partial charge in [0.05, 0.1) is 0 Å². The third kappa shape index (κ3) is 4.29. The van der Waals surface area contributed by atoms with Crippen molar-refractivity contribution in [2.75, 3.05) is 25.5 Å². The molecule has 0 bridgehead atoms. The highest BCUT2D eigenvalue weighted by Crippen LogP contribution is 2.31. The van der Waals surface area contributed by atoms with E-state index in [0.29, 0.717) is 11.3 Å². The molecule has 0 spiro atoms. The first-order valence-electron chi connectivity index (χ1n) is 6.63. The van der Waals surface area contributed by atoms with Crippen molar-refractivity contribution in [3.63, 3.8) is 0 Å². The second-order valence-corrected chi connectivity index (χ2v) is 6.16. The molecule has 0 aliphatic heterocycles. The Kier molecular flexibility index (Phi) is 5.14. The lowest BCUT2D eigenvalue weighted by Crippen LogP contribution is -2.24. The molecule has 1 atom stereocenters. The Bertz CT molecular complexity index is 351. The Labute approximate surface area is 110 Å². The van der Waals surface area contributed by atoms with Crippen LogP contribution in [0.4, 0.5) is 5.95 Å². The van der Waals surface area contributed by atoms with Crippen molar-refractivity contribution in [1.29, 1.82) is 0 Å². The minimum atomic E-state index is 0.295. The van der Waals surface area contributed by atoms with Gasteiger partial charge in [0.2, 0.25) is 5.95 Å². The molecule has 0 saturated carbocycles. The average molecular weight is 253 g/mol. The summed E-state index contributed by atoms with van der Waals surface area (Å²) in [6.07, 6.45) is 3.10. The zero-order valence-corrected chi connectivity index (χ0v) is 12.3. The van der Waals surface area contributed by atoms with E-state index in [2.05, 4.69) is 36.0 Å². The number of anilines is 1. The molecule has 0 radical (unpaired) electrons. The zero-order valence-electron chi connectivity index (χ0n) is 12.3. The molecule has 0 aromatic carbocycles. The quantitative estimate of drug-likeness (QED) is 0.811. The van der Waals surface area contributed by atoms with E-state index in [-0.39, 0.29) is 0 Å². The van der Waals surface area contributed by atoms with E-state index in [1.807, 2.05) is 19.0 Å². The minimum Gasteiger partial charge on any atom is -0.346 e. The summed E-state index contributed by atoms with van der Waals surface area (Å²) < 4.78 is 0. The molecule has 0 aliphatic rings. The number of nitrogens with one attached hydrogen (secondary N) is 1. The molecule has 0 saturated heterocycles. The molecule has 1 rings (SSSR count). The van der Waals surface area contributed by atoms with Crippen LogP contribution in [0.2, 0.25) is 0 Å². The monoisotopic (exact) mass is 253 g/mol. The number of aryl methyl sites for hydroxylation is 1. The predicted molar refractivity (Wildman–Crippen MR) is 75.6 cm³/mol. The SMILES string of the molecule is CN(C)c1n[nH]c(CCC(CCN)C(C)(C)C)n1. The Hall–Kier alpha value is -1.10. The van der Waals surface area contributed by atoms with Gasteiger partial charge in [-0.1, -0.05) is 20.8 Å². The van der Waals surface area contributed by atoms with Gasteiger partial charge in [0.1, 0.15) is 5.82 Å². The smallest absolute Gasteiger partial charge is 0.244 e. The topological polar surface area (TPSA) is 70.8 Å². The molecule has 3 N–H and O–H groups in total. The van der Waals surface area contributed by atoms with E-state index in [1.165, 1.54) is 0 Å². The summed E-state index contributed by atoms with van der Waals surface area (Å²) >= 11 is 0. The molecule has 5 nitrogen and oxygen atoms in total. The summed E-state index contributed by atoms with van der Waals surface area (Å²) in [6, 6.07) is 0. The maximum absolute atomic E-state index is 5.70. The van der Waals surface area contributed by atoms with Gasteiger partial charge in [-0.15, -0.1) is 5.10 Å². The van der Waals surface area contributed by atoms with Gasteiger partial charge >= 0.3 is 0 Å². The van der Waals surface area contributed by atoms with Gasteiger partial charge in [-0.05, 0) is 30.7 Å². The maximum atomic E-state index is 5.70. The van der Waals surface area contributed by atoms with E-state index >= 15 is 0 Å². The molecular weight excluding hydrogens is 226 g/mol. The highest BCUT2D eigenvalue weighted by atomic mass is 15.3. The molecule has 104 valence electrons.